The summed E-state index contributed by atoms with van der Waals surface area (Å²) < 4.78 is 73.9. The highest BCUT2D eigenvalue weighted by Gasteiger charge is 2.32. The third-order valence-corrected chi connectivity index (χ3v) is 5.87. The third kappa shape index (κ3) is 5.03. The maximum absolute atomic E-state index is 14.1. The fourth-order valence-corrected chi connectivity index (χ4v) is 4.12. The van der Waals surface area contributed by atoms with Crippen molar-refractivity contribution < 1.29 is 36.6 Å². The molecule has 0 saturated heterocycles. The summed E-state index contributed by atoms with van der Waals surface area (Å²) in [5.74, 6) is -3.28. The number of aromatic carboxylic acids is 1. The van der Waals surface area contributed by atoms with E-state index in [9.17, 15) is 31.9 Å². The number of hydrogen-bond acceptors (Lipinski definition) is 3. The van der Waals surface area contributed by atoms with Crippen LogP contribution in [0.15, 0.2) is 48.5 Å². The molecule has 0 spiro atoms. The molecule has 4 nitrogen and oxygen atoms in total. The lowest BCUT2D eigenvalue weighted by atomic mass is 9.96. The second-order valence-electron chi connectivity index (χ2n) is 8.19. The lowest BCUT2D eigenvalue weighted by molar-refractivity contribution is -0.137. The average Bonchev–Trinajstić information content (AvgIpc) is 3.29. The van der Waals surface area contributed by atoms with Crippen LogP contribution in [0.5, 0.6) is 5.75 Å². The van der Waals surface area contributed by atoms with Crippen molar-refractivity contribution in [3.05, 3.63) is 93.8 Å². The van der Waals surface area contributed by atoms with Gasteiger partial charge in [-0.05, 0) is 73.2 Å². The molecule has 35 heavy (non-hydrogen) atoms. The molecule has 0 amide bonds. The van der Waals surface area contributed by atoms with Crippen molar-refractivity contribution >= 4 is 17.1 Å². The first-order valence-corrected chi connectivity index (χ1v) is 10.8. The van der Waals surface area contributed by atoms with Crippen LogP contribution < -0.4 is 4.74 Å². The quantitative estimate of drug-likeness (QED) is 0.377. The van der Waals surface area contributed by atoms with E-state index in [-0.39, 0.29) is 22.6 Å². The summed E-state index contributed by atoms with van der Waals surface area (Å²) in [4.78, 5) is 15.8. The minimum absolute atomic E-state index is 0.0710. The van der Waals surface area contributed by atoms with Gasteiger partial charge >= 0.3 is 12.1 Å². The number of ether oxygens (including phenoxy) is 1. The minimum atomic E-state index is -4.61. The molecule has 182 valence electrons. The number of carboxylic acids is 1. The summed E-state index contributed by atoms with van der Waals surface area (Å²) in [6, 6.07) is 9.82. The van der Waals surface area contributed by atoms with Gasteiger partial charge in [0.15, 0.2) is 17.3 Å². The monoisotopic (exact) mass is 489 g/mol. The van der Waals surface area contributed by atoms with Crippen LogP contribution in [-0.2, 0) is 12.8 Å². The number of allylic oxidation sites excluding steroid dienone is 2. The minimum Gasteiger partial charge on any atom is -0.488 e. The van der Waals surface area contributed by atoms with Crippen LogP contribution >= 0.6 is 0 Å². The molecule has 0 aliphatic heterocycles. The molecule has 9 heteroatoms. The fraction of sp³-hybridized carbons (Fsp3) is 0.231. The van der Waals surface area contributed by atoms with Crippen LogP contribution in [-0.4, -0.2) is 16.1 Å². The van der Waals surface area contributed by atoms with E-state index in [1.165, 1.54) is 12.1 Å². The Kier molecular flexibility index (Phi) is 6.60. The maximum Gasteiger partial charge on any atom is 0.416 e. The van der Waals surface area contributed by atoms with Gasteiger partial charge < -0.3 is 9.84 Å². The maximum atomic E-state index is 14.1. The standard InChI is InChI=1S/C26H20F5NO3/c1-14-8-10-21(32-24(14)25(33)34)18-6-3-5-17(18)19-12-16(26(29,30)31)9-11-22(19)35-13-15-4-2-7-20(27)23(15)28/h2,4,7-12H,3,5-6,13H2,1H3,(H,33,34). The van der Waals surface area contributed by atoms with Gasteiger partial charge in [-0.1, -0.05) is 18.2 Å². The fourth-order valence-electron chi connectivity index (χ4n) is 4.12. The summed E-state index contributed by atoms with van der Waals surface area (Å²) in [5, 5.41) is 9.43. The number of aryl methyl sites for hydroxylation is 1. The van der Waals surface area contributed by atoms with Crippen molar-refractivity contribution in [1.29, 1.82) is 0 Å². The lowest BCUT2D eigenvalue weighted by Gasteiger charge is -2.17. The Balaban J connectivity index is 1.81. The van der Waals surface area contributed by atoms with Crippen molar-refractivity contribution in [3.8, 4) is 5.75 Å². The Morgan fingerprint density at radius 1 is 1.06 bits per heavy atom. The van der Waals surface area contributed by atoms with Crippen LogP contribution in [0.25, 0.3) is 11.1 Å². The number of pyridine rings is 1. The number of halogens is 5. The summed E-state index contributed by atoms with van der Waals surface area (Å²) >= 11 is 0. The second-order valence-corrected chi connectivity index (χ2v) is 8.19. The van der Waals surface area contributed by atoms with Crippen LogP contribution in [0.1, 0.15) is 57.7 Å². The summed E-state index contributed by atoms with van der Waals surface area (Å²) in [6.45, 7) is 1.21. The predicted molar refractivity (Wildman–Crippen MR) is 119 cm³/mol. The van der Waals surface area contributed by atoms with Crippen molar-refractivity contribution in [3.63, 3.8) is 0 Å². The van der Waals surface area contributed by atoms with Crippen LogP contribution in [0.2, 0.25) is 0 Å². The van der Waals surface area contributed by atoms with E-state index in [0.29, 0.717) is 41.7 Å². The Labute approximate surface area is 197 Å². The number of aromatic nitrogens is 1. The molecular formula is C26H20F5NO3. The Bertz CT molecular complexity index is 1330. The molecular weight excluding hydrogens is 469 g/mol. The average molecular weight is 489 g/mol. The van der Waals surface area contributed by atoms with Gasteiger partial charge in [-0.25, -0.2) is 18.6 Å². The zero-order valence-corrected chi connectivity index (χ0v) is 18.5. The van der Waals surface area contributed by atoms with E-state index in [0.717, 1.165) is 24.3 Å². The van der Waals surface area contributed by atoms with E-state index in [2.05, 4.69) is 4.98 Å². The molecule has 0 unspecified atom stereocenters. The summed E-state index contributed by atoms with van der Waals surface area (Å²) in [6.07, 6.45) is -3.09. The summed E-state index contributed by atoms with van der Waals surface area (Å²) in [5.41, 5.74) is 1.03. The molecule has 0 radical (unpaired) electrons. The van der Waals surface area contributed by atoms with Gasteiger partial charge in [0, 0.05) is 11.1 Å². The van der Waals surface area contributed by atoms with Crippen molar-refractivity contribution in [2.45, 2.75) is 39.0 Å². The van der Waals surface area contributed by atoms with Gasteiger partial charge in [0.05, 0.1) is 11.3 Å². The predicted octanol–water partition coefficient (Wildman–Crippen LogP) is 7.06. The molecule has 1 heterocycles. The molecule has 3 aromatic rings. The number of benzene rings is 2. The highest BCUT2D eigenvalue weighted by Crippen LogP contribution is 2.44. The van der Waals surface area contributed by atoms with E-state index in [1.54, 1.807) is 19.1 Å². The van der Waals surface area contributed by atoms with Gasteiger partial charge in [0.1, 0.15) is 12.4 Å². The molecule has 0 atom stereocenters. The van der Waals surface area contributed by atoms with Crippen molar-refractivity contribution in [2.24, 2.45) is 0 Å². The Morgan fingerprint density at radius 3 is 2.51 bits per heavy atom. The number of carbonyl (C=O) groups is 1. The van der Waals surface area contributed by atoms with E-state index >= 15 is 0 Å². The van der Waals surface area contributed by atoms with Gasteiger partial charge in [0.25, 0.3) is 0 Å². The zero-order chi connectivity index (χ0) is 25.3. The molecule has 4 rings (SSSR count). The first-order valence-electron chi connectivity index (χ1n) is 10.8. The molecule has 2 aromatic carbocycles. The van der Waals surface area contributed by atoms with E-state index in [1.807, 2.05) is 0 Å². The molecule has 1 N–H and O–H groups in total. The number of hydrogen-bond donors (Lipinski definition) is 1. The van der Waals surface area contributed by atoms with Crippen molar-refractivity contribution in [2.75, 3.05) is 0 Å². The van der Waals surface area contributed by atoms with Crippen LogP contribution in [0.4, 0.5) is 22.0 Å². The molecule has 0 bridgehead atoms. The zero-order valence-electron chi connectivity index (χ0n) is 18.5. The van der Waals surface area contributed by atoms with Gasteiger partial charge in [-0.15, -0.1) is 0 Å². The highest BCUT2D eigenvalue weighted by molar-refractivity contribution is 5.95. The third-order valence-electron chi connectivity index (χ3n) is 5.87. The Hall–Kier alpha value is -3.75. The van der Waals surface area contributed by atoms with E-state index in [4.69, 9.17) is 4.74 Å². The van der Waals surface area contributed by atoms with Gasteiger partial charge in [-0.3, -0.25) is 0 Å². The second kappa shape index (κ2) is 9.48. The number of carboxylic acid groups (broad SMARTS) is 1. The van der Waals surface area contributed by atoms with E-state index < -0.39 is 36.0 Å². The first kappa shape index (κ1) is 24.4. The topological polar surface area (TPSA) is 59.4 Å². The summed E-state index contributed by atoms with van der Waals surface area (Å²) in [7, 11) is 0. The molecule has 1 aromatic heterocycles. The normalized spacial score (nSPS) is 13.9. The number of alkyl halides is 3. The van der Waals surface area contributed by atoms with Crippen LogP contribution in [0, 0.1) is 18.6 Å². The molecule has 0 fully saturated rings. The molecule has 1 aliphatic rings. The van der Waals surface area contributed by atoms with Gasteiger partial charge in [-0.2, -0.15) is 13.2 Å². The lowest BCUT2D eigenvalue weighted by Crippen LogP contribution is -2.08. The molecule has 0 saturated carbocycles. The SMILES string of the molecule is Cc1ccc(C2=C(c3cc(C(F)(F)F)ccc3OCc3cccc(F)c3F)CCC2)nc1C(=O)O. The molecule has 1 aliphatic carbocycles. The van der Waals surface area contributed by atoms with Crippen molar-refractivity contribution in [1.82, 2.24) is 4.98 Å². The number of nitrogens with zero attached hydrogens (tertiary/aromatic N) is 1. The Morgan fingerprint density at radius 2 is 1.80 bits per heavy atom. The van der Waals surface area contributed by atoms with Crippen LogP contribution in [0.3, 0.4) is 0 Å². The first-order chi connectivity index (χ1) is 16.6. The highest BCUT2D eigenvalue weighted by atomic mass is 19.4. The number of rotatable bonds is 6. The van der Waals surface area contributed by atoms with Gasteiger partial charge in [0.2, 0.25) is 0 Å². The largest absolute Gasteiger partial charge is 0.488 e. The smallest absolute Gasteiger partial charge is 0.416 e.